The Labute approximate surface area is 182 Å². The lowest BCUT2D eigenvalue weighted by atomic mass is 9.98. The van der Waals surface area contributed by atoms with Gasteiger partial charge in [-0.1, -0.05) is 23.7 Å². The van der Waals surface area contributed by atoms with Crippen LogP contribution in [-0.4, -0.2) is 72.8 Å². The third kappa shape index (κ3) is 9.64. The van der Waals surface area contributed by atoms with Crippen LogP contribution in [-0.2, 0) is 9.59 Å². The second-order valence-electron chi connectivity index (χ2n) is 8.68. The highest BCUT2D eigenvalue weighted by molar-refractivity contribution is 6.30. The van der Waals surface area contributed by atoms with Gasteiger partial charge in [0.15, 0.2) is 0 Å². The summed E-state index contributed by atoms with van der Waals surface area (Å²) in [4.78, 5) is 25.5. The maximum Gasteiger partial charge on any atom is 0.209 e. The largest absolute Gasteiger partial charge is 0.349 e. The molecule has 1 atom stereocenters. The number of benzene rings is 1. The molecule has 2 saturated heterocycles. The smallest absolute Gasteiger partial charge is 0.209 e. The minimum atomic E-state index is 0.293. The van der Waals surface area contributed by atoms with Crippen LogP contribution in [0.5, 0.6) is 0 Å². The van der Waals surface area contributed by atoms with Crippen molar-refractivity contribution in [2.24, 2.45) is 0 Å². The number of likely N-dealkylation sites (tertiary alicyclic amines) is 2. The van der Waals surface area contributed by atoms with E-state index in [0.29, 0.717) is 11.5 Å². The molecule has 0 spiro atoms. The average molecular weight is 424 g/mol. The third-order valence-electron chi connectivity index (χ3n) is 5.45. The number of hydrogen-bond acceptors (Lipinski definition) is 3. The molecule has 2 heterocycles. The molecule has 1 aromatic carbocycles. The Hall–Kier alpha value is -1.59. The van der Waals surface area contributed by atoms with E-state index in [1.165, 1.54) is 37.9 Å². The molecule has 2 amide bonds. The first kappa shape index (κ1) is 25.4. The molecule has 6 heteroatoms. The minimum absolute atomic E-state index is 0.293. The standard InChI is InChI=1S/C14H20ClN.C5H9NO.C4H9NO/c1-14(2,3)16-9-8-12(10-16)11-4-6-13(15)7-5-11;7-5-6-3-1-2-4-6;1-3-5(2)4-6/h4-7,12H,8-10H2,1-3H3;5H,1-4H2;4H,3H2,1-2H3. The fourth-order valence-corrected chi connectivity index (χ4v) is 3.42. The molecule has 0 radical (unpaired) electrons. The Morgan fingerprint density at radius 2 is 1.69 bits per heavy atom. The number of rotatable bonds is 4. The number of carbonyl (C=O) groups is 2. The van der Waals surface area contributed by atoms with Gasteiger partial charge in [0.2, 0.25) is 12.8 Å². The third-order valence-corrected chi connectivity index (χ3v) is 5.70. The van der Waals surface area contributed by atoms with Crippen LogP contribution < -0.4 is 0 Å². The van der Waals surface area contributed by atoms with Gasteiger partial charge in [0.25, 0.3) is 0 Å². The summed E-state index contributed by atoms with van der Waals surface area (Å²) in [5, 5.41) is 0.828. The van der Waals surface area contributed by atoms with Gasteiger partial charge in [-0.2, -0.15) is 0 Å². The quantitative estimate of drug-likeness (QED) is 0.679. The number of hydrogen-bond donors (Lipinski definition) is 0. The molecule has 5 nitrogen and oxygen atoms in total. The Morgan fingerprint density at radius 3 is 2.03 bits per heavy atom. The van der Waals surface area contributed by atoms with E-state index >= 15 is 0 Å². The average Bonchev–Trinajstić information content (AvgIpc) is 3.40. The first-order valence-electron chi connectivity index (χ1n) is 10.6. The summed E-state index contributed by atoms with van der Waals surface area (Å²) in [7, 11) is 1.74. The Kier molecular flexibility index (Phi) is 11.3. The lowest BCUT2D eigenvalue weighted by Crippen LogP contribution is -2.39. The Bertz CT molecular complexity index is 595. The van der Waals surface area contributed by atoms with E-state index in [0.717, 1.165) is 37.5 Å². The van der Waals surface area contributed by atoms with E-state index in [1.807, 2.05) is 19.1 Å². The van der Waals surface area contributed by atoms with Crippen molar-refractivity contribution in [3.8, 4) is 0 Å². The van der Waals surface area contributed by atoms with Gasteiger partial charge < -0.3 is 9.80 Å². The summed E-state index contributed by atoms with van der Waals surface area (Å²) in [6.45, 7) is 13.9. The number of halogens is 1. The summed E-state index contributed by atoms with van der Waals surface area (Å²) in [6, 6.07) is 8.32. The molecule has 1 aromatic rings. The van der Waals surface area contributed by atoms with Gasteiger partial charge in [-0.15, -0.1) is 0 Å². The second kappa shape index (κ2) is 12.9. The van der Waals surface area contributed by atoms with Crippen molar-refractivity contribution >= 4 is 24.4 Å². The summed E-state index contributed by atoms with van der Waals surface area (Å²) in [5.74, 6) is 0.677. The molecule has 2 fully saturated rings. The maximum absolute atomic E-state index is 9.93. The predicted octanol–water partition coefficient (Wildman–Crippen LogP) is 4.26. The molecule has 0 N–H and O–H groups in total. The SMILES string of the molecule is CC(C)(C)N1CCC(c2ccc(Cl)cc2)C1.CCN(C)C=O.O=CN1CCCC1. The van der Waals surface area contributed by atoms with Crippen molar-refractivity contribution in [3.63, 3.8) is 0 Å². The van der Waals surface area contributed by atoms with E-state index in [9.17, 15) is 9.59 Å². The molecule has 0 bridgehead atoms. The summed E-state index contributed by atoms with van der Waals surface area (Å²) in [6.07, 6.45) is 5.38. The molecule has 2 aliphatic heterocycles. The zero-order valence-electron chi connectivity index (χ0n) is 18.7. The molecule has 3 rings (SSSR count). The van der Waals surface area contributed by atoms with Gasteiger partial charge in [-0.25, -0.2) is 0 Å². The van der Waals surface area contributed by atoms with E-state index in [4.69, 9.17) is 11.6 Å². The van der Waals surface area contributed by atoms with Crippen molar-refractivity contribution < 1.29 is 9.59 Å². The molecule has 1 unspecified atom stereocenters. The van der Waals surface area contributed by atoms with Crippen LogP contribution in [0.25, 0.3) is 0 Å². The van der Waals surface area contributed by atoms with Crippen molar-refractivity contribution in [2.45, 2.75) is 58.4 Å². The fraction of sp³-hybridized carbons (Fsp3) is 0.652. The lowest BCUT2D eigenvalue weighted by molar-refractivity contribution is -0.117. The lowest BCUT2D eigenvalue weighted by Gasteiger charge is -2.31. The van der Waals surface area contributed by atoms with Crippen LogP contribution in [0.4, 0.5) is 0 Å². The highest BCUT2D eigenvalue weighted by Crippen LogP contribution is 2.31. The van der Waals surface area contributed by atoms with Gasteiger partial charge in [0.05, 0.1) is 0 Å². The van der Waals surface area contributed by atoms with Gasteiger partial charge >= 0.3 is 0 Å². The van der Waals surface area contributed by atoms with Crippen LogP contribution in [0.3, 0.4) is 0 Å². The van der Waals surface area contributed by atoms with Crippen molar-refractivity contribution in [1.29, 1.82) is 0 Å². The van der Waals surface area contributed by atoms with Crippen LogP contribution in [0.1, 0.15) is 58.4 Å². The summed E-state index contributed by atoms with van der Waals surface area (Å²) >= 11 is 5.91. The molecule has 164 valence electrons. The van der Waals surface area contributed by atoms with Crippen molar-refractivity contribution in [3.05, 3.63) is 34.9 Å². The topological polar surface area (TPSA) is 43.9 Å². The predicted molar refractivity (Wildman–Crippen MR) is 121 cm³/mol. The van der Waals surface area contributed by atoms with E-state index < -0.39 is 0 Å². The van der Waals surface area contributed by atoms with Crippen LogP contribution in [0.15, 0.2) is 24.3 Å². The molecule has 0 aromatic heterocycles. The molecular formula is C23H38ClN3O2. The zero-order valence-corrected chi connectivity index (χ0v) is 19.5. The molecule has 0 aliphatic carbocycles. The van der Waals surface area contributed by atoms with Crippen molar-refractivity contribution in [1.82, 2.24) is 14.7 Å². The first-order chi connectivity index (χ1) is 13.7. The molecule has 2 aliphatic rings. The van der Waals surface area contributed by atoms with Gasteiger partial charge in [-0.05, 0) is 77.1 Å². The summed E-state index contributed by atoms with van der Waals surface area (Å²) in [5.41, 5.74) is 1.72. The van der Waals surface area contributed by atoms with Crippen LogP contribution >= 0.6 is 11.6 Å². The number of carbonyl (C=O) groups excluding carboxylic acids is 2. The van der Waals surface area contributed by atoms with Gasteiger partial charge in [0, 0.05) is 43.8 Å². The number of amides is 2. The Balaban J connectivity index is 0.000000267. The van der Waals surface area contributed by atoms with E-state index in [1.54, 1.807) is 16.8 Å². The first-order valence-corrected chi connectivity index (χ1v) is 10.9. The van der Waals surface area contributed by atoms with Gasteiger partial charge in [0.1, 0.15) is 0 Å². The van der Waals surface area contributed by atoms with Crippen LogP contribution in [0, 0.1) is 0 Å². The Morgan fingerprint density at radius 1 is 1.10 bits per heavy atom. The fourth-order valence-electron chi connectivity index (χ4n) is 3.30. The normalized spacial score (nSPS) is 19.0. The maximum atomic E-state index is 9.93. The van der Waals surface area contributed by atoms with E-state index in [2.05, 4.69) is 37.8 Å². The van der Waals surface area contributed by atoms with Crippen molar-refractivity contribution in [2.75, 3.05) is 39.8 Å². The van der Waals surface area contributed by atoms with Gasteiger partial charge in [-0.3, -0.25) is 14.5 Å². The van der Waals surface area contributed by atoms with Crippen LogP contribution in [0.2, 0.25) is 5.02 Å². The summed E-state index contributed by atoms with van der Waals surface area (Å²) < 4.78 is 0. The highest BCUT2D eigenvalue weighted by atomic mass is 35.5. The highest BCUT2D eigenvalue weighted by Gasteiger charge is 2.30. The molecular weight excluding hydrogens is 386 g/mol. The molecule has 29 heavy (non-hydrogen) atoms. The monoisotopic (exact) mass is 423 g/mol. The molecule has 0 saturated carbocycles. The zero-order chi connectivity index (χ0) is 21.9. The number of nitrogens with zero attached hydrogens (tertiary/aromatic N) is 3. The minimum Gasteiger partial charge on any atom is -0.349 e. The second-order valence-corrected chi connectivity index (χ2v) is 9.12. The van der Waals surface area contributed by atoms with E-state index in [-0.39, 0.29) is 0 Å².